The van der Waals surface area contributed by atoms with E-state index in [1.54, 1.807) is 0 Å². The number of nitrogens with zero attached hydrogens (tertiary/aromatic N) is 2. The van der Waals surface area contributed by atoms with E-state index in [9.17, 15) is 14.4 Å². The van der Waals surface area contributed by atoms with Gasteiger partial charge < -0.3 is 14.0 Å². The van der Waals surface area contributed by atoms with Gasteiger partial charge in [-0.3, -0.25) is 19.6 Å². The molecule has 1 fully saturated rings. The van der Waals surface area contributed by atoms with Crippen LogP contribution in [0.15, 0.2) is 64.2 Å². The van der Waals surface area contributed by atoms with E-state index in [2.05, 4.69) is 22.1 Å². The molecule has 9 heteroatoms. The second-order valence-corrected chi connectivity index (χ2v) is 11.3. The highest BCUT2D eigenvalue weighted by Gasteiger charge is 2.26. The number of benzene rings is 2. The van der Waals surface area contributed by atoms with Gasteiger partial charge in [-0.25, -0.2) is 9.78 Å². The molecule has 0 spiro atoms. The third kappa shape index (κ3) is 7.78. The molecule has 222 valence electrons. The Bertz CT molecular complexity index is 1570. The SMILES string of the molecule is CC(=O)OCCOc1ccc(CCCC(CCc2nc3[nH]c(=O)[nH]c(=O)c3n2Cc2ccccc2)C2CCCC2)cc1. The van der Waals surface area contributed by atoms with Gasteiger partial charge in [0.05, 0.1) is 0 Å². The fourth-order valence-corrected chi connectivity index (χ4v) is 6.27. The average molecular weight is 573 g/mol. The molecule has 1 aliphatic rings. The molecule has 0 amide bonds. The molecule has 5 rings (SSSR count). The number of carbonyl (C=O) groups excluding carboxylic acids is 1. The molecule has 4 aromatic rings. The first-order chi connectivity index (χ1) is 20.5. The summed E-state index contributed by atoms with van der Waals surface area (Å²) in [5.74, 6) is 2.61. The number of H-pyrrole nitrogens is 2. The zero-order chi connectivity index (χ0) is 29.3. The van der Waals surface area contributed by atoms with Crippen LogP contribution >= 0.6 is 0 Å². The van der Waals surface area contributed by atoms with Gasteiger partial charge in [0, 0.05) is 19.9 Å². The van der Waals surface area contributed by atoms with Crippen LogP contribution in [0.1, 0.15) is 68.8 Å². The molecule has 2 aromatic carbocycles. The monoisotopic (exact) mass is 572 g/mol. The van der Waals surface area contributed by atoms with Crippen LogP contribution in [0.3, 0.4) is 0 Å². The highest BCUT2D eigenvalue weighted by molar-refractivity contribution is 5.70. The summed E-state index contributed by atoms with van der Waals surface area (Å²) in [6.07, 6.45) is 10.1. The average Bonchev–Trinajstić information content (AvgIpc) is 3.63. The van der Waals surface area contributed by atoms with Crippen molar-refractivity contribution in [2.24, 2.45) is 11.8 Å². The number of hydrogen-bond acceptors (Lipinski definition) is 6. The van der Waals surface area contributed by atoms with Gasteiger partial charge in [0.2, 0.25) is 0 Å². The topological polar surface area (TPSA) is 119 Å². The van der Waals surface area contributed by atoms with Crippen LogP contribution in [-0.4, -0.2) is 38.7 Å². The highest BCUT2D eigenvalue weighted by atomic mass is 16.6. The van der Waals surface area contributed by atoms with Gasteiger partial charge in [0.1, 0.15) is 24.8 Å². The van der Waals surface area contributed by atoms with Crippen molar-refractivity contribution in [3.05, 3.63) is 92.4 Å². The maximum absolute atomic E-state index is 12.8. The second kappa shape index (κ2) is 14.2. The molecule has 42 heavy (non-hydrogen) atoms. The fourth-order valence-electron chi connectivity index (χ4n) is 6.27. The minimum Gasteiger partial charge on any atom is -0.490 e. The lowest BCUT2D eigenvalue weighted by Gasteiger charge is -2.24. The van der Waals surface area contributed by atoms with E-state index in [4.69, 9.17) is 14.5 Å². The maximum Gasteiger partial charge on any atom is 0.327 e. The molecule has 1 saturated carbocycles. The first kappa shape index (κ1) is 29.4. The van der Waals surface area contributed by atoms with Gasteiger partial charge >= 0.3 is 11.7 Å². The van der Waals surface area contributed by atoms with E-state index >= 15 is 0 Å². The van der Waals surface area contributed by atoms with E-state index in [0.717, 1.165) is 49.2 Å². The number of imidazole rings is 1. The van der Waals surface area contributed by atoms with Crippen LogP contribution in [0.2, 0.25) is 0 Å². The van der Waals surface area contributed by atoms with Gasteiger partial charge in [-0.15, -0.1) is 0 Å². The largest absolute Gasteiger partial charge is 0.490 e. The van der Waals surface area contributed by atoms with Crippen LogP contribution in [0.25, 0.3) is 11.2 Å². The summed E-state index contributed by atoms with van der Waals surface area (Å²) in [4.78, 5) is 45.5. The molecular weight excluding hydrogens is 532 g/mol. The van der Waals surface area contributed by atoms with Crippen molar-refractivity contribution in [2.45, 2.75) is 71.3 Å². The zero-order valence-corrected chi connectivity index (χ0v) is 24.3. The van der Waals surface area contributed by atoms with Crippen molar-refractivity contribution in [3.8, 4) is 5.75 Å². The molecule has 0 radical (unpaired) electrons. The number of aromatic amines is 2. The van der Waals surface area contributed by atoms with Crippen molar-refractivity contribution >= 4 is 17.1 Å². The lowest BCUT2D eigenvalue weighted by atomic mass is 9.83. The lowest BCUT2D eigenvalue weighted by Crippen LogP contribution is -2.23. The number of hydrogen-bond donors (Lipinski definition) is 2. The Kier molecular flexibility index (Phi) is 9.90. The highest BCUT2D eigenvalue weighted by Crippen LogP contribution is 2.36. The van der Waals surface area contributed by atoms with E-state index in [1.807, 2.05) is 47.0 Å². The summed E-state index contributed by atoms with van der Waals surface area (Å²) in [5.41, 5.74) is 2.19. The molecule has 0 saturated heterocycles. The predicted octanol–water partition coefficient (Wildman–Crippen LogP) is 5.17. The van der Waals surface area contributed by atoms with Crippen molar-refractivity contribution in [2.75, 3.05) is 13.2 Å². The Hall–Kier alpha value is -4.14. The summed E-state index contributed by atoms with van der Waals surface area (Å²) in [6.45, 7) is 2.50. The molecular formula is C33H40N4O5. The Morgan fingerprint density at radius 1 is 0.952 bits per heavy atom. The smallest absolute Gasteiger partial charge is 0.327 e. The number of rotatable bonds is 14. The second-order valence-electron chi connectivity index (χ2n) is 11.3. The molecule has 2 N–H and O–H groups in total. The molecule has 1 atom stereocenters. The number of esters is 1. The quantitative estimate of drug-likeness (QED) is 0.159. The van der Waals surface area contributed by atoms with Gasteiger partial charge in [0.25, 0.3) is 5.56 Å². The molecule has 2 aromatic heterocycles. The van der Waals surface area contributed by atoms with Crippen LogP contribution in [0.5, 0.6) is 5.75 Å². The van der Waals surface area contributed by atoms with Crippen molar-refractivity contribution in [3.63, 3.8) is 0 Å². The predicted molar refractivity (Wildman–Crippen MR) is 162 cm³/mol. The number of aryl methyl sites for hydroxylation is 2. The van der Waals surface area contributed by atoms with Gasteiger partial charge in [0.15, 0.2) is 11.2 Å². The Morgan fingerprint density at radius 3 is 2.45 bits per heavy atom. The van der Waals surface area contributed by atoms with E-state index in [-0.39, 0.29) is 12.6 Å². The molecule has 2 heterocycles. The molecule has 9 nitrogen and oxygen atoms in total. The number of ether oxygens (including phenoxy) is 2. The minimum atomic E-state index is -0.533. The van der Waals surface area contributed by atoms with Crippen LogP contribution in [0.4, 0.5) is 0 Å². The number of nitrogens with one attached hydrogen (secondary N) is 2. The lowest BCUT2D eigenvalue weighted by molar-refractivity contribution is -0.141. The number of carbonyl (C=O) groups is 1. The first-order valence-corrected chi connectivity index (χ1v) is 15.1. The maximum atomic E-state index is 12.8. The molecule has 0 aliphatic heterocycles. The standard InChI is InChI=1S/C33H40N4O5/c1-23(38)41-20-21-42-28-17-14-24(15-18-28)10-7-13-27(26-11-5-6-12-26)16-19-29-34-31-30(32(39)36-33(40)35-31)37(29)22-25-8-3-2-4-9-25/h2-4,8-9,14-15,17-18,26-27H,5-7,10-13,16,19-22H2,1H3,(H2,35,36,39,40). The molecule has 1 unspecified atom stereocenters. The van der Waals surface area contributed by atoms with E-state index in [1.165, 1.54) is 38.2 Å². The first-order valence-electron chi connectivity index (χ1n) is 15.1. The number of aromatic nitrogens is 4. The minimum absolute atomic E-state index is 0.247. The van der Waals surface area contributed by atoms with Crippen molar-refractivity contribution in [1.29, 1.82) is 0 Å². The summed E-state index contributed by atoms with van der Waals surface area (Å²) >= 11 is 0. The summed E-state index contributed by atoms with van der Waals surface area (Å²) < 4.78 is 12.5. The third-order valence-electron chi connectivity index (χ3n) is 8.33. The van der Waals surface area contributed by atoms with Gasteiger partial charge in [-0.05, 0) is 60.8 Å². The van der Waals surface area contributed by atoms with Crippen molar-refractivity contribution in [1.82, 2.24) is 19.5 Å². The zero-order valence-electron chi connectivity index (χ0n) is 24.3. The Labute approximate surface area is 245 Å². The summed E-state index contributed by atoms with van der Waals surface area (Å²) in [7, 11) is 0. The Morgan fingerprint density at radius 2 is 1.71 bits per heavy atom. The Balaban J connectivity index is 1.23. The van der Waals surface area contributed by atoms with Crippen LogP contribution < -0.4 is 16.0 Å². The fraction of sp³-hybridized carbons (Fsp3) is 0.455. The van der Waals surface area contributed by atoms with E-state index < -0.39 is 11.2 Å². The van der Waals surface area contributed by atoms with Gasteiger partial charge in [-0.2, -0.15) is 0 Å². The van der Waals surface area contributed by atoms with Crippen molar-refractivity contribution < 1.29 is 14.3 Å². The summed E-state index contributed by atoms with van der Waals surface area (Å²) in [6, 6.07) is 18.2. The van der Waals surface area contributed by atoms with Crippen LogP contribution in [0, 0.1) is 11.8 Å². The molecule has 0 bridgehead atoms. The van der Waals surface area contributed by atoms with E-state index in [0.29, 0.717) is 36.2 Å². The summed E-state index contributed by atoms with van der Waals surface area (Å²) in [5, 5.41) is 0. The normalized spacial score (nSPS) is 14.3. The molecule has 1 aliphatic carbocycles. The van der Waals surface area contributed by atoms with Crippen LogP contribution in [-0.2, 0) is 28.9 Å². The third-order valence-corrected chi connectivity index (χ3v) is 8.33. The number of fused-ring (bicyclic) bond motifs is 1. The van der Waals surface area contributed by atoms with Gasteiger partial charge in [-0.1, -0.05) is 68.1 Å².